The molecule has 184 valence electrons. The molecule has 0 radical (unpaired) electrons. The average Bonchev–Trinajstić information content (AvgIpc) is 3.16. The third kappa shape index (κ3) is 5.33. The maximum Gasteiger partial charge on any atom is 0.242 e. The number of aliphatic hydroxyl groups is 1. The van der Waals surface area contributed by atoms with Crippen LogP contribution < -0.4 is 24.3 Å². The minimum absolute atomic E-state index is 0.0311. The minimum atomic E-state index is -0.903. The molecule has 1 unspecified atom stereocenters. The Morgan fingerprint density at radius 2 is 1.82 bits per heavy atom. The Labute approximate surface area is 198 Å². The van der Waals surface area contributed by atoms with Crippen molar-refractivity contribution in [3.8, 4) is 23.1 Å². The molecule has 0 saturated heterocycles. The quantitative estimate of drug-likeness (QED) is 0.436. The zero-order valence-electron chi connectivity index (χ0n) is 20.5. The summed E-state index contributed by atoms with van der Waals surface area (Å²) in [5.74, 6) is 1.74. The van der Waals surface area contributed by atoms with Crippen LogP contribution in [0.2, 0.25) is 0 Å². The Kier molecular flexibility index (Phi) is 8.17. The molecule has 34 heavy (non-hydrogen) atoms. The summed E-state index contributed by atoms with van der Waals surface area (Å²) in [6.07, 6.45) is -0.138. The van der Waals surface area contributed by atoms with Crippen molar-refractivity contribution < 1.29 is 28.8 Å². The number of carbonyl (C=O) groups is 1. The van der Waals surface area contributed by atoms with E-state index in [9.17, 15) is 9.90 Å². The van der Waals surface area contributed by atoms with E-state index in [0.29, 0.717) is 29.5 Å². The molecule has 2 N–H and O–H groups in total. The number of benzene rings is 1. The largest absolute Gasteiger partial charge is 0.493 e. The summed E-state index contributed by atoms with van der Waals surface area (Å²) >= 11 is 0. The summed E-state index contributed by atoms with van der Waals surface area (Å²) in [5.41, 5.74) is 3.58. The molecule has 0 aliphatic carbocycles. The van der Waals surface area contributed by atoms with E-state index >= 15 is 0 Å². The lowest BCUT2D eigenvalue weighted by atomic mass is 10.00. The Morgan fingerprint density at radius 1 is 1.15 bits per heavy atom. The van der Waals surface area contributed by atoms with Gasteiger partial charge in [-0.25, -0.2) is 9.67 Å². The van der Waals surface area contributed by atoms with Crippen molar-refractivity contribution in [1.29, 1.82) is 0 Å². The summed E-state index contributed by atoms with van der Waals surface area (Å²) in [4.78, 5) is 17.1. The summed E-state index contributed by atoms with van der Waals surface area (Å²) in [6.45, 7) is 3.94. The average molecular weight is 473 g/mol. The highest BCUT2D eigenvalue weighted by molar-refractivity contribution is 5.86. The number of hydrogen-bond acceptors (Lipinski definition) is 8. The molecule has 3 rings (SSSR count). The molecule has 10 heteroatoms. The highest BCUT2D eigenvalue weighted by Crippen LogP contribution is 2.36. The van der Waals surface area contributed by atoms with Gasteiger partial charge in [0, 0.05) is 25.7 Å². The monoisotopic (exact) mass is 472 g/mol. The van der Waals surface area contributed by atoms with Gasteiger partial charge in [0.25, 0.3) is 0 Å². The first-order valence-corrected chi connectivity index (χ1v) is 11.0. The van der Waals surface area contributed by atoms with Crippen molar-refractivity contribution in [3.63, 3.8) is 0 Å². The van der Waals surface area contributed by atoms with Crippen LogP contribution >= 0.6 is 0 Å². The molecule has 3 aromatic rings. The standard InChI is InChI=1S/C24H32N4O6/c1-14-17(15(2)26-23-21(14)24(33-6)27-28(23)3)10-11-20(30)25-12-16(29)13-34-22-18(31-4)8-7-9-19(22)32-5/h7-9,16,29H,10-13H2,1-6H3,(H,25,30). The third-order valence-electron chi connectivity index (χ3n) is 5.66. The van der Waals surface area contributed by atoms with E-state index in [2.05, 4.69) is 15.4 Å². The smallest absolute Gasteiger partial charge is 0.242 e. The topological polar surface area (TPSA) is 117 Å². The summed E-state index contributed by atoms with van der Waals surface area (Å²) in [7, 11) is 6.45. The number of pyridine rings is 1. The maximum atomic E-state index is 12.4. The molecular formula is C24H32N4O6. The van der Waals surface area contributed by atoms with Crippen molar-refractivity contribution >= 4 is 16.9 Å². The van der Waals surface area contributed by atoms with Crippen LogP contribution in [0.3, 0.4) is 0 Å². The lowest BCUT2D eigenvalue weighted by Gasteiger charge is -2.17. The summed E-state index contributed by atoms with van der Waals surface area (Å²) in [6, 6.07) is 5.26. The number of nitrogens with one attached hydrogen (secondary N) is 1. The molecule has 0 saturated carbocycles. The first kappa shape index (κ1) is 25.1. The fourth-order valence-electron chi connectivity index (χ4n) is 3.86. The number of para-hydroxylation sites is 1. The molecule has 0 spiro atoms. The van der Waals surface area contributed by atoms with Crippen molar-refractivity contribution in [2.24, 2.45) is 7.05 Å². The van der Waals surface area contributed by atoms with Gasteiger partial charge >= 0.3 is 0 Å². The van der Waals surface area contributed by atoms with E-state index in [4.69, 9.17) is 18.9 Å². The highest BCUT2D eigenvalue weighted by Gasteiger charge is 2.19. The van der Waals surface area contributed by atoms with Gasteiger partial charge in [0.15, 0.2) is 17.1 Å². The number of carbonyl (C=O) groups excluding carboxylic acids is 1. The second-order valence-electron chi connectivity index (χ2n) is 7.89. The van der Waals surface area contributed by atoms with E-state index in [1.807, 2.05) is 20.9 Å². The number of rotatable bonds is 11. The van der Waals surface area contributed by atoms with E-state index < -0.39 is 6.10 Å². The Morgan fingerprint density at radius 3 is 2.44 bits per heavy atom. The Hall–Kier alpha value is -3.53. The van der Waals surface area contributed by atoms with Gasteiger partial charge in [-0.3, -0.25) is 4.79 Å². The van der Waals surface area contributed by atoms with E-state index in [0.717, 1.165) is 27.9 Å². The van der Waals surface area contributed by atoms with E-state index in [1.54, 1.807) is 30.0 Å². The van der Waals surface area contributed by atoms with Gasteiger partial charge in [-0.15, -0.1) is 5.10 Å². The normalized spacial score (nSPS) is 11.9. The molecule has 2 aromatic heterocycles. The van der Waals surface area contributed by atoms with Gasteiger partial charge in [0.05, 0.1) is 26.7 Å². The number of aromatic nitrogens is 3. The number of aliphatic hydroxyl groups excluding tert-OH is 1. The number of amides is 1. The molecule has 1 amide bonds. The third-order valence-corrected chi connectivity index (χ3v) is 5.66. The van der Waals surface area contributed by atoms with Crippen LogP contribution in [0.5, 0.6) is 23.1 Å². The number of methoxy groups -OCH3 is 3. The van der Waals surface area contributed by atoms with Crippen LogP contribution in [0.15, 0.2) is 18.2 Å². The maximum absolute atomic E-state index is 12.4. The molecule has 0 aliphatic rings. The number of nitrogens with zero attached hydrogens (tertiary/aromatic N) is 3. The molecule has 10 nitrogen and oxygen atoms in total. The van der Waals surface area contributed by atoms with Crippen LogP contribution in [-0.4, -0.2) is 66.4 Å². The molecule has 2 heterocycles. The highest BCUT2D eigenvalue weighted by atomic mass is 16.5. The van der Waals surface area contributed by atoms with Gasteiger partial charge in [0.1, 0.15) is 12.7 Å². The van der Waals surface area contributed by atoms with Crippen molar-refractivity contribution in [3.05, 3.63) is 35.0 Å². The zero-order chi connectivity index (χ0) is 24.8. The lowest BCUT2D eigenvalue weighted by Crippen LogP contribution is -2.35. The van der Waals surface area contributed by atoms with Gasteiger partial charge in [-0.05, 0) is 43.5 Å². The van der Waals surface area contributed by atoms with Crippen molar-refractivity contribution in [2.75, 3.05) is 34.5 Å². The van der Waals surface area contributed by atoms with Gasteiger partial charge in [0.2, 0.25) is 17.5 Å². The van der Waals surface area contributed by atoms with Gasteiger partial charge in [-0.1, -0.05) is 6.07 Å². The first-order chi connectivity index (χ1) is 16.3. The van der Waals surface area contributed by atoms with Crippen molar-refractivity contribution in [2.45, 2.75) is 32.8 Å². The summed E-state index contributed by atoms with van der Waals surface area (Å²) < 4.78 is 23.3. The Balaban J connectivity index is 1.56. The predicted molar refractivity (Wildman–Crippen MR) is 127 cm³/mol. The number of ether oxygens (including phenoxy) is 4. The minimum Gasteiger partial charge on any atom is -0.493 e. The van der Waals surface area contributed by atoms with E-state index in [1.165, 1.54) is 14.2 Å². The molecule has 0 aliphatic heterocycles. The Bertz CT molecular complexity index is 1140. The number of fused-ring (bicyclic) bond motifs is 1. The molecule has 0 bridgehead atoms. The fourth-order valence-corrected chi connectivity index (χ4v) is 3.86. The van der Waals surface area contributed by atoms with Crippen LogP contribution in [0.25, 0.3) is 11.0 Å². The second kappa shape index (κ2) is 11.1. The zero-order valence-corrected chi connectivity index (χ0v) is 20.5. The SMILES string of the molecule is COc1cccc(OC)c1OCC(O)CNC(=O)CCc1c(C)nc2c(c(OC)nn2C)c1C. The molecule has 1 atom stereocenters. The summed E-state index contributed by atoms with van der Waals surface area (Å²) in [5, 5.41) is 18.2. The first-order valence-electron chi connectivity index (χ1n) is 11.0. The van der Waals surface area contributed by atoms with Gasteiger partial charge in [-0.2, -0.15) is 0 Å². The predicted octanol–water partition coefficient (Wildman–Crippen LogP) is 2.10. The van der Waals surface area contributed by atoms with E-state index in [-0.39, 0.29) is 25.5 Å². The van der Waals surface area contributed by atoms with Crippen LogP contribution in [0.4, 0.5) is 0 Å². The molecule has 1 aromatic carbocycles. The van der Waals surface area contributed by atoms with Crippen molar-refractivity contribution in [1.82, 2.24) is 20.1 Å². The lowest BCUT2D eigenvalue weighted by molar-refractivity contribution is -0.121. The van der Waals surface area contributed by atoms with Crippen LogP contribution in [0.1, 0.15) is 23.2 Å². The number of hydrogen-bond donors (Lipinski definition) is 2. The molecular weight excluding hydrogens is 440 g/mol. The molecule has 0 fully saturated rings. The number of aryl methyl sites for hydroxylation is 3. The van der Waals surface area contributed by atoms with Crippen LogP contribution in [0, 0.1) is 13.8 Å². The van der Waals surface area contributed by atoms with Gasteiger partial charge < -0.3 is 29.4 Å². The fraction of sp³-hybridized carbons (Fsp3) is 0.458. The van der Waals surface area contributed by atoms with Crippen LogP contribution in [-0.2, 0) is 18.3 Å². The second-order valence-corrected chi connectivity index (χ2v) is 7.89.